The zero-order chi connectivity index (χ0) is 13.1. The van der Waals surface area contributed by atoms with Gasteiger partial charge in [0, 0.05) is 26.8 Å². The number of hydrogen-bond acceptors (Lipinski definition) is 4. The summed E-state index contributed by atoms with van der Waals surface area (Å²) in [7, 11) is 3.30. The van der Waals surface area contributed by atoms with Crippen LogP contribution in [0.4, 0.5) is 0 Å². The van der Waals surface area contributed by atoms with Crippen LogP contribution in [0.15, 0.2) is 21.4 Å². The summed E-state index contributed by atoms with van der Waals surface area (Å²) in [5.74, 6) is -0.0500. The number of nitrogens with zero attached hydrogens (tertiary/aromatic N) is 1. The molecule has 0 N–H and O–H groups in total. The molecule has 100 valence electrons. The fourth-order valence-corrected chi connectivity index (χ4v) is 2.57. The molecule has 0 spiro atoms. The van der Waals surface area contributed by atoms with E-state index in [1.807, 2.05) is 0 Å². The fourth-order valence-electron chi connectivity index (χ4n) is 2.23. The van der Waals surface area contributed by atoms with Crippen molar-refractivity contribution >= 4 is 21.8 Å². The SMILES string of the molecule is COC[C@@H]1C[C@H](OC)CN1C(=O)c1coc(Br)c1. The molecule has 1 aliphatic heterocycles. The number of likely N-dealkylation sites (tertiary alicyclic amines) is 1. The zero-order valence-corrected chi connectivity index (χ0v) is 12.0. The Hall–Kier alpha value is -0.850. The van der Waals surface area contributed by atoms with E-state index in [1.54, 1.807) is 25.2 Å². The number of amides is 1. The maximum absolute atomic E-state index is 12.3. The van der Waals surface area contributed by atoms with Gasteiger partial charge in [0.05, 0.1) is 24.3 Å². The number of carbonyl (C=O) groups excluding carboxylic acids is 1. The smallest absolute Gasteiger partial charge is 0.257 e. The van der Waals surface area contributed by atoms with E-state index in [9.17, 15) is 4.79 Å². The number of halogens is 1. The molecule has 1 aromatic rings. The lowest BCUT2D eigenvalue weighted by atomic mass is 10.2. The van der Waals surface area contributed by atoms with E-state index in [-0.39, 0.29) is 18.1 Å². The lowest BCUT2D eigenvalue weighted by molar-refractivity contribution is 0.0611. The van der Waals surface area contributed by atoms with Crippen LogP contribution in [0.2, 0.25) is 0 Å². The molecule has 18 heavy (non-hydrogen) atoms. The molecule has 2 rings (SSSR count). The third-order valence-electron chi connectivity index (χ3n) is 3.14. The Morgan fingerprint density at radius 2 is 2.39 bits per heavy atom. The monoisotopic (exact) mass is 317 g/mol. The third-order valence-corrected chi connectivity index (χ3v) is 3.56. The van der Waals surface area contributed by atoms with Gasteiger partial charge in [-0.1, -0.05) is 0 Å². The third kappa shape index (κ3) is 2.76. The summed E-state index contributed by atoms with van der Waals surface area (Å²) in [4.78, 5) is 14.1. The maximum Gasteiger partial charge on any atom is 0.257 e. The molecule has 6 heteroatoms. The van der Waals surface area contributed by atoms with Gasteiger partial charge in [-0.05, 0) is 22.4 Å². The molecule has 0 aliphatic carbocycles. The normalized spacial score (nSPS) is 23.6. The summed E-state index contributed by atoms with van der Waals surface area (Å²) in [6.07, 6.45) is 2.33. The predicted octanol–water partition coefficient (Wildman–Crippen LogP) is 1.92. The minimum Gasteiger partial charge on any atom is -0.457 e. The van der Waals surface area contributed by atoms with Crippen molar-refractivity contribution in [1.82, 2.24) is 4.90 Å². The Morgan fingerprint density at radius 1 is 1.61 bits per heavy atom. The minimum atomic E-state index is -0.0500. The van der Waals surface area contributed by atoms with Crippen molar-refractivity contribution in [2.24, 2.45) is 0 Å². The van der Waals surface area contributed by atoms with Gasteiger partial charge >= 0.3 is 0 Å². The van der Waals surface area contributed by atoms with Crippen LogP contribution in [-0.4, -0.2) is 50.3 Å². The summed E-state index contributed by atoms with van der Waals surface area (Å²) in [5, 5.41) is 0. The Balaban J connectivity index is 2.12. The lowest BCUT2D eigenvalue weighted by Gasteiger charge is -2.23. The topological polar surface area (TPSA) is 51.9 Å². The van der Waals surface area contributed by atoms with Crippen molar-refractivity contribution < 1.29 is 18.7 Å². The Labute approximate surface area is 114 Å². The second-order valence-corrected chi connectivity index (χ2v) is 5.08. The molecule has 1 aliphatic rings. The van der Waals surface area contributed by atoms with Crippen LogP contribution in [0.5, 0.6) is 0 Å². The van der Waals surface area contributed by atoms with Crippen molar-refractivity contribution in [2.75, 3.05) is 27.4 Å². The Bertz CT molecular complexity index is 420. The van der Waals surface area contributed by atoms with Gasteiger partial charge in [-0.15, -0.1) is 0 Å². The van der Waals surface area contributed by atoms with E-state index in [0.717, 1.165) is 6.42 Å². The van der Waals surface area contributed by atoms with Crippen LogP contribution in [0.25, 0.3) is 0 Å². The molecule has 1 fully saturated rings. The molecule has 1 aromatic heterocycles. The van der Waals surface area contributed by atoms with Crippen molar-refractivity contribution in [3.05, 3.63) is 22.6 Å². The van der Waals surface area contributed by atoms with Crippen LogP contribution in [0.3, 0.4) is 0 Å². The van der Waals surface area contributed by atoms with E-state index in [4.69, 9.17) is 13.9 Å². The van der Waals surface area contributed by atoms with Gasteiger partial charge in [-0.25, -0.2) is 0 Å². The molecular formula is C12H16BrNO4. The first-order chi connectivity index (χ1) is 8.65. The molecule has 0 radical (unpaired) electrons. The summed E-state index contributed by atoms with van der Waals surface area (Å²) >= 11 is 3.19. The molecule has 2 atom stereocenters. The highest BCUT2D eigenvalue weighted by atomic mass is 79.9. The first-order valence-electron chi connectivity index (χ1n) is 5.72. The average molecular weight is 318 g/mol. The standard InChI is InChI=1S/C12H16BrNO4/c1-16-7-9-4-10(17-2)5-14(9)12(15)8-3-11(13)18-6-8/h3,6,9-10H,4-5,7H2,1-2H3/t9-,10-/m0/s1. The van der Waals surface area contributed by atoms with Crippen molar-refractivity contribution in [3.63, 3.8) is 0 Å². The molecule has 2 heterocycles. The Kier molecular flexibility index (Phi) is 4.42. The van der Waals surface area contributed by atoms with E-state index in [2.05, 4.69) is 15.9 Å². The van der Waals surface area contributed by atoms with E-state index >= 15 is 0 Å². The molecule has 1 amide bonds. The van der Waals surface area contributed by atoms with Gasteiger partial charge in [-0.2, -0.15) is 0 Å². The number of methoxy groups -OCH3 is 2. The van der Waals surface area contributed by atoms with Crippen LogP contribution in [-0.2, 0) is 9.47 Å². The van der Waals surface area contributed by atoms with E-state index < -0.39 is 0 Å². The second-order valence-electron chi connectivity index (χ2n) is 4.30. The van der Waals surface area contributed by atoms with Gasteiger partial charge in [-0.3, -0.25) is 4.79 Å². The molecule has 1 saturated heterocycles. The van der Waals surface area contributed by atoms with Gasteiger partial charge < -0.3 is 18.8 Å². The highest BCUT2D eigenvalue weighted by Crippen LogP contribution is 2.24. The van der Waals surface area contributed by atoms with Gasteiger partial charge in [0.15, 0.2) is 4.67 Å². The van der Waals surface area contributed by atoms with Crippen LogP contribution < -0.4 is 0 Å². The van der Waals surface area contributed by atoms with Crippen LogP contribution in [0.1, 0.15) is 16.8 Å². The average Bonchev–Trinajstić information content (AvgIpc) is 2.95. The zero-order valence-electron chi connectivity index (χ0n) is 10.4. The number of hydrogen-bond donors (Lipinski definition) is 0. The highest BCUT2D eigenvalue weighted by Gasteiger charge is 2.36. The highest BCUT2D eigenvalue weighted by molar-refractivity contribution is 9.10. The molecule has 0 aromatic carbocycles. The number of carbonyl (C=O) groups is 1. The van der Waals surface area contributed by atoms with Crippen molar-refractivity contribution in [2.45, 2.75) is 18.6 Å². The molecule has 0 unspecified atom stereocenters. The lowest BCUT2D eigenvalue weighted by Crippen LogP contribution is -2.38. The Morgan fingerprint density at radius 3 is 2.94 bits per heavy atom. The molecule has 0 saturated carbocycles. The van der Waals surface area contributed by atoms with Gasteiger partial charge in [0.1, 0.15) is 6.26 Å². The van der Waals surface area contributed by atoms with Crippen molar-refractivity contribution in [3.8, 4) is 0 Å². The van der Waals surface area contributed by atoms with E-state index in [0.29, 0.717) is 23.4 Å². The second kappa shape index (κ2) is 5.86. The summed E-state index contributed by atoms with van der Waals surface area (Å²) < 4.78 is 16.1. The number of furan rings is 1. The first kappa shape index (κ1) is 13.6. The summed E-state index contributed by atoms with van der Waals surface area (Å²) in [5.41, 5.74) is 0.541. The number of ether oxygens (including phenoxy) is 2. The molecule has 5 nitrogen and oxygen atoms in total. The fraction of sp³-hybridized carbons (Fsp3) is 0.583. The molecular weight excluding hydrogens is 302 g/mol. The number of rotatable bonds is 4. The quantitative estimate of drug-likeness (QED) is 0.851. The molecule has 0 bridgehead atoms. The van der Waals surface area contributed by atoms with Gasteiger partial charge in [0.2, 0.25) is 0 Å². The van der Waals surface area contributed by atoms with E-state index in [1.165, 1.54) is 6.26 Å². The van der Waals surface area contributed by atoms with Gasteiger partial charge in [0.25, 0.3) is 5.91 Å². The summed E-state index contributed by atoms with van der Waals surface area (Å²) in [6, 6.07) is 1.73. The van der Waals surface area contributed by atoms with Crippen molar-refractivity contribution in [1.29, 1.82) is 0 Å². The predicted molar refractivity (Wildman–Crippen MR) is 68.5 cm³/mol. The first-order valence-corrected chi connectivity index (χ1v) is 6.51. The maximum atomic E-state index is 12.3. The minimum absolute atomic E-state index is 0.0500. The van der Waals surface area contributed by atoms with Crippen LogP contribution in [0, 0.1) is 0 Å². The van der Waals surface area contributed by atoms with Crippen LogP contribution >= 0.6 is 15.9 Å². The largest absolute Gasteiger partial charge is 0.457 e. The summed E-state index contributed by atoms with van der Waals surface area (Å²) in [6.45, 7) is 1.11.